The summed E-state index contributed by atoms with van der Waals surface area (Å²) < 4.78 is 6.18. The van der Waals surface area contributed by atoms with Crippen molar-refractivity contribution in [3.63, 3.8) is 0 Å². The highest BCUT2D eigenvalue weighted by molar-refractivity contribution is 5.92. The van der Waals surface area contributed by atoms with Crippen molar-refractivity contribution in [2.24, 2.45) is 0 Å². The molecule has 3 heteroatoms. The molecule has 1 aliphatic rings. The maximum Gasteiger partial charge on any atom is 0.151 e. The summed E-state index contributed by atoms with van der Waals surface area (Å²) in [6, 6.07) is 43.7. The third-order valence-electron chi connectivity index (χ3n) is 5.85. The lowest BCUT2D eigenvalue weighted by Gasteiger charge is -2.34. The molecule has 0 unspecified atom stereocenters. The van der Waals surface area contributed by atoms with Crippen molar-refractivity contribution in [3.8, 4) is 22.6 Å². The number of fused-ring (bicyclic) bond motifs is 2. The lowest BCUT2D eigenvalue weighted by Crippen LogP contribution is -2.16. The molecular formula is C30H22N2O. The number of anilines is 5. The second kappa shape index (κ2) is 8.21. The van der Waals surface area contributed by atoms with E-state index >= 15 is 0 Å². The Morgan fingerprint density at radius 2 is 0.970 bits per heavy atom. The monoisotopic (exact) mass is 426 g/mol. The summed E-state index contributed by atoms with van der Waals surface area (Å²) >= 11 is 0. The largest absolute Gasteiger partial charge is 0.453 e. The van der Waals surface area contributed by atoms with Crippen LogP contribution in [-0.4, -0.2) is 0 Å². The number of nitrogens with one attached hydrogen (secondary N) is 1. The summed E-state index contributed by atoms with van der Waals surface area (Å²) in [7, 11) is 0. The second-order valence-corrected chi connectivity index (χ2v) is 7.96. The second-order valence-electron chi connectivity index (χ2n) is 7.96. The van der Waals surface area contributed by atoms with E-state index in [9.17, 15) is 0 Å². The summed E-state index contributed by atoms with van der Waals surface area (Å²) in [5.41, 5.74) is 7.58. The minimum absolute atomic E-state index is 0.846. The maximum atomic E-state index is 6.18. The molecule has 0 aromatic heterocycles. The van der Waals surface area contributed by atoms with Gasteiger partial charge in [-0.3, -0.25) is 0 Å². The highest BCUT2D eigenvalue weighted by atomic mass is 16.5. The van der Waals surface area contributed by atoms with Crippen LogP contribution in [0.1, 0.15) is 0 Å². The quantitative estimate of drug-likeness (QED) is 0.305. The molecule has 0 saturated carbocycles. The molecule has 0 saturated heterocycles. The van der Waals surface area contributed by atoms with Gasteiger partial charge in [0.25, 0.3) is 0 Å². The summed E-state index contributed by atoms with van der Waals surface area (Å²) in [6.45, 7) is 0. The molecule has 0 atom stereocenters. The van der Waals surface area contributed by atoms with E-state index < -0.39 is 0 Å². The fourth-order valence-electron chi connectivity index (χ4n) is 4.27. The molecule has 0 amide bonds. The van der Waals surface area contributed by atoms with Crippen LogP contribution in [0.15, 0.2) is 127 Å². The first-order valence-corrected chi connectivity index (χ1v) is 11.0. The topological polar surface area (TPSA) is 24.5 Å². The molecule has 0 spiro atoms. The minimum Gasteiger partial charge on any atom is -0.453 e. The van der Waals surface area contributed by atoms with E-state index in [2.05, 4.69) is 95.1 Å². The van der Waals surface area contributed by atoms with Crippen LogP contribution in [0.2, 0.25) is 0 Å². The number of benzene rings is 5. The Bertz CT molecular complexity index is 1370. The fraction of sp³-hybridized carbons (Fsp3) is 0. The van der Waals surface area contributed by atoms with Crippen molar-refractivity contribution in [2.75, 3.05) is 10.2 Å². The van der Waals surface area contributed by atoms with Crippen LogP contribution < -0.4 is 15.0 Å². The zero-order valence-electron chi connectivity index (χ0n) is 18.0. The molecule has 1 N–H and O–H groups in total. The average molecular weight is 427 g/mol. The lowest BCUT2D eigenvalue weighted by molar-refractivity contribution is 0.477. The van der Waals surface area contributed by atoms with Gasteiger partial charge in [0.15, 0.2) is 11.5 Å². The number of ether oxygens (including phenoxy) is 1. The van der Waals surface area contributed by atoms with Gasteiger partial charge in [-0.2, -0.15) is 0 Å². The van der Waals surface area contributed by atoms with E-state index in [1.807, 2.05) is 42.5 Å². The molecule has 3 nitrogen and oxygen atoms in total. The van der Waals surface area contributed by atoms with Gasteiger partial charge in [0.1, 0.15) is 0 Å². The number of para-hydroxylation sites is 6. The van der Waals surface area contributed by atoms with E-state index in [1.54, 1.807) is 0 Å². The number of rotatable bonds is 4. The Morgan fingerprint density at radius 3 is 1.64 bits per heavy atom. The van der Waals surface area contributed by atoms with Crippen LogP contribution in [0.25, 0.3) is 11.1 Å². The normalized spacial score (nSPS) is 11.8. The van der Waals surface area contributed by atoms with Gasteiger partial charge in [-0.05, 0) is 59.7 Å². The van der Waals surface area contributed by atoms with E-state index in [0.717, 1.165) is 39.9 Å². The number of nitrogens with zero attached hydrogens (tertiary/aromatic N) is 1. The molecule has 158 valence electrons. The summed E-state index contributed by atoms with van der Waals surface area (Å²) in [5, 5.41) is 3.63. The van der Waals surface area contributed by atoms with Gasteiger partial charge < -0.3 is 15.0 Å². The lowest BCUT2D eigenvalue weighted by atomic mass is 10.1. The highest BCUT2D eigenvalue weighted by Gasteiger charge is 2.26. The van der Waals surface area contributed by atoms with Crippen molar-refractivity contribution >= 4 is 28.4 Å². The van der Waals surface area contributed by atoms with E-state index in [4.69, 9.17) is 4.74 Å². The predicted octanol–water partition coefficient (Wildman–Crippen LogP) is 8.67. The first kappa shape index (κ1) is 19.2. The SMILES string of the molecule is c1ccc(-c2ccc(Nc3ccccc3N3c4ccccc4Oc4ccccc43)cc2)cc1. The Kier molecular flexibility index (Phi) is 4.78. The van der Waals surface area contributed by atoms with Crippen LogP contribution in [-0.2, 0) is 0 Å². The Morgan fingerprint density at radius 1 is 0.455 bits per heavy atom. The Labute approximate surface area is 193 Å². The molecule has 33 heavy (non-hydrogen) atoms. The molecular weight excluding hydrogens is 404 g/mol. The van der Waals surface area contributed by atoms with E-state index in [1.165, 1.54) is 11.1 Å². The third kappa shape index (κ3) is 3.60. The summed E-state index contributed by atoms with van der Waals surface area (Å²) in [6.07, 6.45) is 0. The predicted molar refractivity (Wildman–Crippen MR) is 136 cm³/mol. The summed E-state index contributed by atoms with van der Waals surface area (Å²) in [4.78, 5) is 2.26. The molecule has 0 bridgehead atoms. The van der Waals surface area contributed by atoms with Gasteiger partial charge in [0.2, 0.25) is 0 Å². The Hall–Kier alpha value is -4.50. The zero-order chi connectivity index (χ0) is 22.0. The molecule has 5 aromatic carbocycles. The van der Waals surface area contributed by atoms with Gasteiger partial charge in [-0.25, -0.2) is 0 Å². The fourth-order valence-corrected chi connectivity index (χ4v) is 4.27. The van der Waals surface area contributed by atoms with Crippen molar-refractivity contribution in [3.05, 3.63) is 127 Å². The molecule has 6 rings (SSSR count). The molecule has 0 aliphatic carbocycles. The maximum absolute atomic E-state index is 6.18. The first-order chi connectivity index (χ1) is 16.4. The zero-order valence-corrected chi connectivity index (χ0v) is 18.0. The molecule has 1 aliphatic heterocycles. The minimum atomic E-state index is 0.846. The average Bonchev–Trinajstić information content (AvgIpc) is 2.89. The van der Waals surface area contributed by atoms with E-state index in [-0.39, 0.29) is 0 Å². The van der Waals surface area contributed by atoms with Crippen LogP contribution in [0, 0.1) is 0 Å². The number of hydrogen-bond acceptors (Lipinski definition) is 3. The van der Waals surface area contributed by atoms with Gasteiger partial charge in [-0.15, -0.1) is 0 Å². The van der Waals surface area contributed by atoms with Crippen molar-refractivity contribution in [1.29, 1.82) is 0 Å². The molecule has 0 fully saturated rings. The van der Waals surface area contributed by atoms with Crippen LogP contribution in [0.5, 0.6) is 11.5 Å². The third-order valence-corrected chi connectivity index (χ3v) is 5.85. The van der Waals surface area contributed by atoms with Gasteiger partial charge in [0.05, 0.1) is 22.7 Å². The van der Waals surface area contributed by atoms with Crippen molar-refractivity contribution in [1.82, 2.24) is 0 Å². The van der Waals surface area contributed by atoms with Crippen LogP contribution >= 0.6 is 0 Å². The molecule has 1 heterocycles. The molecule has 0 radical (unpaired) electrons. The molecule has 5 aromatic rings. The van der Waals surface area contributed by atoms with E-state index in [0.29, 0.717) is 0 Å². The standard InChI is InChI=1S/C30H22N2O/c1-2-10-22(11-3-1)23-18-20-24(21-19-23)31-25-12-4-5-13-26(25)32-27-14-6-8-16-29(27)33-30-17-9-7-15-28(30)32/h1-21,31H. The van der Waals surface area contributed by atoms with Gasteiger partial charge in [-0.1, -0.05) is 78.9 Å². The Balaban J connectivity index is 1.39. The first-order valence-electron chi connectivity index (χ1n) is 11.0. The van der Waals surface area contributed by atoms with Crippen LogP contribution in [0.4, 0.5) is 28.4 Å². The van der Waals surface area contributed by atoms with Gasteiger partial charge in [0, 0.05) is 5.69 Å². The van der Waals surface area contributed by atoms with Gasteiger partial charge >= 0.3 is 0 Å². The van der Waals surface area contributed by atoms with Crippen molar-refractivity contribution < 1.29 is 4.74 Å². The smallest absolute Gasteiger partial charge is 0.151 e. The number of hydrogen-bond donors (Lipinski definition) is 1. The van der Waals surface area contributed by atoms with Crippen LogP contribution in [0.3, 0.4) is 0 Å². The van der Waals surface area contributed by atoms with Crippen molar-refractivity contribution in [2.45, 2.75) is 0 Å². The highest BCUT2D eigenvalue weighted by Crippen LogP contribution is 2.51. The summed E-state index contributed by atoms with van der Waals surface area (Å²) in [5.74, 6) is 1.69.